The molecule has 0 aromatic heterocycles. The number of hydrogen-bond acceptors (Lipinski definition) is 5. The van der Waals surface area contributed by atoms with Crippen LogP contribution in [0.5, 0.6) is 0 Å². The number of ether oxygens (including phenoxy) is 1. The molecule has 0 unspecified atom stereocenters. The Morgan fingerprint density at radius 3 is 2.25 bits per heavy atom. The second-order valence-corrected chi connectivity index (χ2v) is 11.9. The van der Waals surface area contributed by atoms with Crippen LogP contribution in [0, 0.1) is 10.8 Å². The fourth-order valence-electron chi connectivity index (χ4n) is 4.58. The van der Waals surface area contributed by atoms with Crippen molar-refractivity contribution in [2.45, 2.75) is 79.6 Å². The highest BCUT2D eigenvalue weighted by Crippen LogP contribution is 2.29. The molecule has 0 aliphatic carbocycles. The highest BCUT2D eigenvalue weighted by atomic mass is 16.6. The van der Waals surface area contributed by atoms with Gasteiger partial charge in [0.1, 0.15) is 5.60 Å². The van der Waals surface area contributed by atoms with E-state index >= 15 is 0 Å². The minimum absolute atomic E-state index is 0.0992. The van der Waals surface area contributed by atoms with Crippen LogP contribution in [0.3, 0.4) is 0 Å². The van der Waals surface area contributed by atoms with Crippen molar-refractivity contribution in [3.05, 3.63) is 35.9 Å². The van der Waals surface area contributed by atoms with Crippen LogP contribution in [-0.2, 0) is 16.1 Å². The maximum absolute atomic E-state index is 11.8. The lowest BCUT2D eigenvalue weighted by atomic mass is 9.82. The number of piperidine rings is 2. The van der Waals surface area contributed by atoms with Crippen LogP contribution in [0.2, 0.25) is 0 Å². The fourth-order valence-corrected chi connectivity index (χ4v) is 4.58. The Morgan fingerprint density at radius 1 is 1.09 bits per heavy atom. The van der Waals surface area contributed by atoms with Crippen LogP contribution in [0.25, 0.3) is 0 Å². The van der Waals surface area contributed by atoms with Crippen LogP contribution in [0.15, 0.2) is 30.3 Å². The summed E-state index contributed by atoms with van der Waals surface area (Å²) in [4.78, 5) is 27.2. The molecule has 2 aliphatic heterocycles. The number of carbonyl (C=O) groups is 2. The van der Waals surface area contributed by atoms with E-state index in [-0.39, 0.29) is 29.3 Å². The standard InChI is InChI=1S/C14H21NO.C12H21NO3/c1-14(2)8-13(16)10-15(11-14)9-12-6-4-3-5-7-12;1-11(2,3)16-10(15)13-7-9(14)6-12(4,5)8-13/h3-7,13,16H,8-11H2,1-2H3;6-8H2,1-5H3/t13-;/m1./s1. The summed E-state index contributed by atoms with van der Waals surface area (Å²) < 4.78 is 5.25. The quantitative estimate of drug-likeness (QED) is 0.724. The monoisotopic (exact) mass is 446 g/mol. The molecule has 2 fully saturated rings. The summed E-state index contributed by atoms with van der Waals surface area (Å²) in [7, 11) is 0. The molecule has 3 rings (SSSR count). The highest BCUT2D eigenvalue weighted by Gasteiger charge is 2.35. The normalized spacial score (nSPS) is 23.2. The summed E-state index contributed by atoms with van der Waals surface area (Å²) in [6.07, 6.45) is 0.881. The average Bonchev–Trinajstić information content (AvgIpc) is 2.58. The van der Waals surface area contributed by atoms with E-state index in [0.717, 1.165) is 26.1 Å². The molecule has 0 saturated carbocycles. The van der Waals surface area contributed by atoms with E-state index in [9.17, 15) is 14.7 Å². The molecule has 6 heteroatoms. The van der Waals surface area contributed by atoms with E-state index in [2.05, 4.69) is 43.0 Å². The summed E-state index contributed by atoms with van der Waals surface area (Å²) in [6, 6.07) is 10.5. The van der Waals surface area contributed by atoms with Crippen molar-refractivity contribution in [2.75, 3.05) is 26.2 Å². The summed E-state index contributed by atoms with van der Waals surface area (Å²) in [6.45, 7) is 17.5. The Bertz CT molecular complexity index is 768. The number of Topliss-reactive ketones (excluding diaryl/α,β-unsaturated/α-hetero) is 1. The number of nitrogens with zero attached hydrogens (tertiary/aromatic N) is 2. The topological polar surface area (TPSA) is 70.1 Å². The molecule has 1 N–H and O–H groups in total. The van der Waals surface area contributed by atoms with E-state index in [1.54, 1.807) is 0 Å². The number of rotatable bonds is 2. The van der Waals surface area contributed by atoms with Gasteiger partial charge in [-0.3, -0.25) is 9.69 Å². The number of β-amino-alcohol motifs (C(OH)–C–C–N with tert-alkyl or cyclic N) is 1. The zero-order valence-electron chi connectivity index (χ0n) is 21.0. The molecule has 2 aliphatic rings. The zero-order chi connectivity index (χ0) is 24.2. The van der Waals surface area contributed by atoms with Crippen LogP contribution >= 0.6 is 0 Å². The lowest BCUT2D eigenvalue weighted by molar-refractivity contribution is -0.125. The lowest BCUT2D eigenvalue weighted by Gasteiger charge is -2.40. The van der Waals surface area contributed by atoms with Gasteiger partial charge in [-0.05, 0) is 43.6 Å². The minimum atomic E-state index is -0.512. The van der Waals surface area contributed by atoms with Crippen molar-refractivity contribution < 1.29 is 19.4 Å². The van der Waals surface area contributed by atoms with Crippen molar-refractivity contribution in [2.24, 2.45) is 10.8 Å². The van der Waals surface area contributed by atoms with Crippen molar-refractivity contribution in [1.29, 1.82) is 0 Å². The van der Waals surface area contributed by atoms with Gasteiger partial charge in [0, 0.05) is 32.6 Å². The van der Waals surface area contributed by atoms with Crippen molar-refractivity contribution in [3.8, 4) is 0 Å². The number of aliphatic hydroxyl groups is 1. The summed E-state index contributed by atoms with van der Waals surface area (Å²) in [5, 5.41) is 9.85. The summed E-state index contributed by atoms with van der Waals surface area (Å²) in [5.41, 5.74) is 0.896. The Balaban J connectivity index is 0.000000227. The molecule has 0 spiro atoms. The lowest BCUT2D eigenvalue weighted by Crippen LogP contribution is -2.49. The molecule has 2 saturated heterocycles. The largest absolute Gasteiger partial charge is 0.444 e. The van der Waals surface area contributed by atoms with Gasteiger partial charge in [-0.2, -0.15) is 0 Å². The molecule has 1 aromatic rings. The maximum atomic E-state index is 11.8. The first-order valence-electron chi connectivity index (χ1n) is 11.6. The van der Waals surface area contributed by atoms with Gasteiger partial charge in [0.2, 0.25) is 0 Å². The van der Waals surface area contributed by atoms with Crippen LogP contribution < -0.4 is 0 Å². The van der Waals surface area contributed by atoms with E-state index in [4.69, 9.17) is 4.74 Å². The van der Waals surface area contributed by atoms with Gasteiger partial charge < -0.3 is 14.7 Å². The first-order chi connectivity index (χ1) is 14.6. The van der Waals surface area contributed by atoms with Gasteiger partial charge >= 0.3 is 6.09 Å². The second kappa shape index (κ2) is 10.3. The van der Waals surface area contributed by atoms with Gasteiger partial charge in [0.25, 0.3) is 0 Å². The number of carbonyl (C=O) groups excluding carboxylic acids is 2. The average molecular weight is 447 g/mol. The van der Waals surface area contributed by atoms with E-state index < -0.39 is 11.7 Å². The molecule has 1 aromatic carbocycles. The molecule has 0 radical (unpaired) electrons. The Morgan fingerprint density at radius 2 is 1.72 bits per heavy atom. The number of benzene rings is 1. The number of aliphatic hydroxyl groups excluding tert-OH is 1. The molecule has 180 valence electrons. The SMILES string of the molecule is CC1(C)CC(=O)CN(C(=O)OC(C)(C)C)C1.CC1(C)C[C@@H](O)CN(Cc2ccccc2)C1. The van der Waals surface area contributed by atoms with Crippen LogP contribution in [0.4, 0.5) is 4.79 Å². The van der Waals surface area contributed by atoms with Crippen LogP contribution in [0.1, 0.15) is 66.9 Å². The molecule has 6 nitrogen and oxygen atoms in total. The molecule has 0 bridgehead atoms. The Kier molecular flexibility index (Phi) is 8.51. The summed E-state index contributed by atoms with van der Waals surface area (Å²) >= 11 is 0. The van der Waals surface area contributed by atoms with Crippen molar-refractivity contribution >= 4 is 11.9 Å². The molecule has 1 amide bonds. The molecule has 2 heterocycles. The Hall–Kier alpha value is -1.92. The third kappa shape index (κ3) is 9.29. The van der Waals surface area contributed by atoms with E-state index in [1.165, 1.54) is 10.5 Å². The van der Waals surface area contributed by atoms with Gasteiger partial charge in [-0.25, -0.2) is 4.79 Å². The minimum Gasteiger partial charge on any atom is -0.444 e. The predicted molar refractivity (Wildman–Crippen MR) is 127 cm³/mol. The molecular formula is C26H42N2O4. The number of hydrogen-bond donors (Lipinski definition) is 1. The van der Waals surface area contributed by atoms with Crippen molar-refractivity contribution in [1.82, 2.24) is 9.80 Å². The second-order valence-electron chi connectivity index (χ2n) is 11.9. The van der Waals surface area contributed by atoms with Gasteiger partial charge in [0.05, 0.1) is 12.6 Å². The van der Waals surface area contributed by atoms with Crippen molar-refractivity contribution in [3.63, 3.8) is 0 Å². The number of ketones is 1. The number of amides is 1. The predicted octanol–water partition coefficient (Wildman–Crippen LogP) is 4.50. The zero-order valence-corrected chi connectivity index (χ0v) is 21.0. The van der Waals surface area contributed by atoms with E-state index in [0.29, 0.717) is 13.0 Å². The summed E-state index contributed by atoms with van der Waals surface area (Å²) in [5.74, 6) is 0.0992. The van der Waals surface area contributed by atoms with Gasteiger partial charge in [-0.15, -0.1) is 0 Å². The molecular weight excluding hydrogens is 404 g/mol. The highest BCUT2D eigenvalue weighted by molar-refractivity contribution is 5.85. The molecule has 32 heavy (non-hydrogen) atoms. The van der Waals surface area contributed by atoms with E-state index in [1.807, 2.05) is 40.7 Å². The third-order valence-electron chi connectivity index (χ3n) is 5.47. The van der Waals surface area contributed by atoms with Gasteiger partial charge in [0.15, 0.2) is 5.78 Å². The first-order valence-corrected chi connectivity index (χ1v) is 11.6. The first kappa shape index (κ1) is 26.3. The van der Waals surface area contributed by atoms with Gasteiger partial charge in [-0.1, -0.05) is 58.0 Å². The maximum Gasteiger partial charge on any atom is 0.410 e. The third-order valence-corrected chi connectivity index (χ3v) is 5.47. The Labute approximate surface area is 193 Å². The fraction of sp³-hybridized carbons (Fsp3) is 0.692. The smallest absolute Gasteiger partial charge is 0.410 e. The molecule has 1 atom stereocenters. The van der Waals surface area contributed by atoms with Crippen LogP contribution in [-0.4, -0.2) is 64.7 Å². The number of likely N-dealkylation sites (tertiary alicyclic amines) is 2.